The molecule has 2 amide bonds. The van der Waals surface area contributed by atoms with Gasteiger partial charge >= 0.3 is 0 Å². The van der Waals surface area contributed by atoms with Crippen LogP contribution in [0.25, 0.3) is 0 Å². The standard InChI is InChI=1S/C22H19Cl2N3O2/c23-17-10-18(24)12-19(11-17)26-22(29)20(15-6-2-1-3-7-15)27-21(28)16-8-4-5-14(9-16)13-25/h1-12,20H,13,25H2,(H,26,29)(H,27,28)/t20-/m1/s1. The minimum Gasteiger partial charge on any atom is -0.336 e. The number of carbonyl (C=O) groups excluding carboxylic acids is 2. The maximum atomic E-state index is 13.0. The second kappa shape index (κ2) is 9.56. The van der Waals surface area contributed by atoms with Crippen molar-refractivity contribution < 1.29 is 9.59 Å². The third kappa shape index (κ3) is 5.57. The van der Waals surface area contributed by atoms with E-state index in [0.717, 1.165) is 5.56 Å². The van der Waals surface area contributed by atoms with Crippen molar-refractivity contribution in [3.8, 4) is 0 Å². The molecule has 0 bridgehead atoms. The molecule has 4 N–H and O–H groups in total. The van der Waals surface area contributed by atoms with Gasteiger partial charge in [0, 0.05) is 27.8 Å². The Morgan fingerprint density at radius 1 is 0.897 bits per heavy atom. The van der Waals surface area contributed by atoms with Gasteiger partial charge in [-0.15, -0.1) is 0 Å². The lowest BCUT2D eigenvalue weighted by molar-refractivity contribution is -0.118. The molecular weight excluding hydrogens is 409 g/mol. The molecule has 0 unspecified atom stereocenters. The largest absolute Gasteiger partial charge is 0.336 e. The SMILES string of the molecule is NCc1cccc(C(=O)N[C@@H](C(=O)Nc2cc(Cl)cc(Cl)c2)c2ccccc2)c1. The number of benzene rings is 3. The van der Waals surface area contributed by atoms with Gasteiger partial charge in [-0.3, -0.25) is 9.59 Å². The van der Waals surface area contributed by atoms with Crippen LogP contribution in [-0.2, 0) is 11.3 Å². The number of halogens is 2. The number of hydrogen-bond donors (Lipinski definition) is 3. The highest BCUT2D eigenvalue weighted by Crippen LogP contribution is 2.24. The van der Waals surface area contributed by atoms with E-state index in [4.69, 9.17) is 28.9 Å². The van der Waals surface area contributed by atoms with Crippen LogP contribution in [-0.4, -0.2) is 11.8 Å². The number of rotatable bonds is 6. The van der Waals surface area contributed by atoms with Crippen LogP contribution in [0.5, 0.6) is 0 Å². The van der Waals surface area contributed by atoms with Crippen molar-refractivity contribution in [1.82, 2.24) is 5.32 Å². The van der Waals surface area contributed by atoms with Gasteiger partial charge < -0.3 is 16.4 Å². The van der Waals surface area contributed by atoms with Gasteiger partial charge in [0.1, 0.15) is 6.04 Å². The van der Waals surface area contributed by atoms with Crippen molar-refractivity contribution in [2.45, 2.75) is 12.6 Å². The maximum Gasteiger partial charge on any atom is 0.252 e. The summed E-state index contributed by atoms with van der Waals surface area (Å²) in [7, 11) is 0. The van der Waals surface area contributed by atoms with Gasteiger partial charge in [-0.1, -0.05) is 65.7 Å². The minimum absolute atomic E-state index is 0.319. The van der Waals surface area contributed by atoms with Gasteiger partial charge in [-0.25, -0.2) is 0 Å². The molecule has 0 heterocycles. The summed E-state index contributed by atoms with van der Waals surface area (Å²) in [6, 6.07) is 19.8. The number of hydrogen-bond acceptors (Lipinski definition) is 3. The molecule has 0 saturated heterocycles. The highest BCUT2D eigenvalue weighted by molar-refractivity contribution is 6.35. The van der Waals surface area contributed by atoms with Crippen molar-refractivity contribution in [2.75, 3.05) is 5.32 Å². The summed E-state index contributed by atoms with van der Waals surface area (Å²) in [6.07, 6.45) is 0. The Labute approximate surface area is 178 Å². The van der Waals surface area contributed by atoms with E-state index in [2.05, 4.69) is 10.6 Å². The summed E-state index contributed by atoms with van der Waals surface area (Å²) in [5.41, 5.74) is 7.98. The van der Waals surface area contributed by atoms with Crippen molar-refractivity contribution in [1.29, 1.82) is 0 Å². The molecular formula is C22H19Cl2N3O2. The predicted molar refractivity (Wildman–Crippen MR) is 116 cm³/mol. The molecule has 0 saturated carbocycles. The molecule has 0 aliphatic heterocycles. The summed E-state index contributed by atoms with van der Waals surface area (Å²) in [6.45, 7) is 0.319. The molecule has 5 nitrogen and oxygen atoms in total. The monoisotopic (exact) mass is 427 g/mol. The van der Waals surface area contributed by atoms with Gasteiger partial charge in [0.25, 0.3) is 11.8 Å². The Kier molecular flexibility index (Phi) is 6.88. The van der Waals surface area contributed by atoms with E-state index in [-0.39, 0.29) is 5.91 Å². The predicted octanol–water partition coefficient (Wildman–Crippen LogP) is 4.56. The van der Waals surface area contributed by atoms with E-state index >= 15 is 0 Å². The molecule has 0 fully saturated rings. The Morgan fingerprint density at radius 2 is 1.59 bits per heavy atom. The third-order valence-electron chi connectivity index (χ3n) is 4.23. The minimum atomic E-state index is -0.914. The van der Waals surface area contributed by atoms with Crippen molar-refractivity contribution in [3.63, 3.8) is 0 Å². The van der Waals surface area contributed by atoms with Crippen LogP contribution >= 0.6 is 23.2 Å². The second-order valence-electron chi connectivity index (χ2n) is 6.37. The topological polar surface area (TPSA) is 84.2 Å². The molecule has 3 aromatic carbocycles. The molecule has 1 atom stereocenters. The first-order valence-corrected chi connectivity index (χ1v) is 9.63. The van der Waals surface area contributed by atoms with Gasteiger partial charge in [-0.2, -0.15) is 0 Å². The number of anilines is 1. The Bertz CT molecular complexity index is 1010. The normalized spacial score (nSPS) is 11.6. The lowest BCUT2D eigenvalue weighted by atomic mass is 10.0. The van der Waals surface area contributed by atoms with Crippen LogP contribution in [0.2, 0.25) is 10.0 Å². The van der Waals surface area contributed by atoms with Gasteiger partial charge in [0.15, 0.2) is 0 Å². The number of amides is 2. The molecule has 0 radical (unpaired) electrons. The first kappa shape index (κ1) is 20.9. The van der Waals surface area contributed by atoms with Gasteiger partial charge in [-0.05, 0) is 41.5 Å². The van der Waals surface area contributed by atoms with E-state index in [1.54, 1.807) is 60.7 Å². The first-order valence-electron chi connectivity index (χ1n) is 8.88. The summed E-state index contributed by atoms with van der Waals surface area (Å²) >= 11 is 12.0. The number of nitrogens with one attached hydrogen (secondary N) is 2. The van der Waals surface area contributed by atoms with Gasteiger partial charge in [0.2, 0.25) is 0 Å². The summed E-state index contributed by atoms with van der Waals surface area (Å²) in [4.78, 5) is 25.8. The molecule has 7 heteroatoms. The van der Waals surface area contributed by atoms with Crippen molar-refractivity contribution in [3.05, 3.63) is 99.5 Å². The Hall–Kier alpha value is -2.86. The van der Waals surface area contributed by atoms with Crippen LogP contribution in [0.4, 0.5) is 5.69 Å². The lowest BCUT2D eigenvalue weighted by Crippen LogP contribution is -2.37. The number of carbonyl (C=O) groups is 2. The quantitative estimate of drug-likeness (QED) is 0.538. The highest BCUT2D eigenvalue weighted by Gasteiger charge is 2.23. The first-order chi connectivity index (χ1) is 14.0. The zero-order valence-electron chi connectivity index (χ0n) is 15.4. The summed E-state index contributed by atoms with van der Waals surface area (Å²) < 4.78 is 0. The fourth-order valence-corrected chi connectivity index (χ4v) is 3.37. The molecule has 0 spiro atoms. The van der Waals surface area contributed by atoms with Crippen molar-refractivity contribution >= 4 is 40.7 Å². The second-order valence-corrected chi connectivity index (χ2v) is 7.24. The molecule has 0 aliphatic carbocycles. The van der Waals surface area contributed by atoms with E-state index in [1.165, 1.54) is 0 Å². The highest BCUT2D eigenvalue weighted by atomic mass is 35.5. The summed E-state index contributed by atoms with van der Waals surface area (Å²) in [5, 5.41) is 6.34. The molecule has 0 aromatic heterocycles. The lowest BCUT2D eigenvalue weighted by Gasteiger charge is -2.19. The van der Waals surface area contributed by atoms with Crippen molar-refractivity contribution in [2.24, 2.45) is 5.73 Å². The van der Waals surface area contributed by atoms with Crippen LogP contribution in [0.15, 0.2) is 72.8 Å². The zero-order chi connectivity index (χ0) is 20.8. The van der Waals surface area contributed by atoms with Crippen LogP contribution in [0, 0.1) is 0 Å². The van der Waals surface area contributed by atoms with E-state index < -0.39 is 11.9 Å². The van der Waals surface area contributed by atoms with E-state index in [1.807, 2.05) is 12.1 Å². The zero-order valence-corrected chi connectivity index (χ0v) is 16.9. The average Bonchev–Trinajstić information content (AvgIpc) is 2.71. The molecule has 3 aromatic rings. The van der Waals surface area contributed by atoms with Crippen LogP contribution < -0.4 is 16.4 Å². The number of nitrogens with two attached hydrogens (primary N) is 1. The fourth-order valence-electron chi connectivity index (χ4n) is 2.84. The Morgan fingerprint density at radius 3 is 2.24 bits per heavy atom. The molecule has 0 aliphatic rings. The Balaban J connectivity index is 1.86. The smallest absolute Gasteiger partial charge is 0.252 e. The van der Waals surface area contributed by atoms with Gasteiger partial charge in [0.05, 0.1) is 0 Å². The van der Waals surface area contributed by atoms with Crippen LogP contribution in [0.3, 0.4) is 0 Å². The van der Waals surface area contributed by atoms with E-state index in [9.17, 15) is 9.59 Å². The maximum absolute atomic E-state index is 13.0. The fraction of sp³-hybridized carbons (Fsp3) is 0.0909. The molecule has 29 heavy (non-hydrogen) atoms. The third-order valence-corrected chi connectivity index (χ3v) is 4.66. The van der Waals surface area contributed by atoms with E-state index in [0.29, 0.717) is 33.4 Å². The van der Waals surface area contributed by atoms with Crippen LogP contribution in [0.1, 0.15) is 27.5 Å². The average molecular weight is 428 g/mol. The summed E-state index contributed by atoms with van der Waals surface area (Å²) in [5.74, 6) is -0.800. The molecule has 148 valence electrons. The molecule has 3 rings (SSSR count).